The van der Waals surface area contributed by atoms with E-state index in [1.54, 1.807) is 12.1 Å². The first-order valence-corrected chi connectivity index (χ1v) is 4.45. The van der Waals surface area contributed by atoms with Gasteiger partial charge in [0.2, 0.25) is 0 Å². The Hall–Kier alpha value is -1.37. The van der Waals surface area contributed by atoms with Gasteiger partial charge in [-0.1, -0.05) is 12.1 Å². The predicted molar refractivity (Wildman–Crippen MR) is 50.1 cm³/mol. The first kappa shape index (κ1) is 9.20. The molecule has 1 radical (unpaired) electrons. The molecule has 0 amide bonds. The van der Waals surface area contributed by atoms with Crippen LogP contribution in [0.2, 0.25) is 0 Å². The van der Waals surface area contributed by atoms with Crippen molar-refractivity contribution in [1.82, 2.24) is 0 Å². The maximum Gasteiger partial charge on any atom is 0.183 e. The Morgan fingerprint density at radius 3 is 2.36 bits per heavy atom. The molecule has 3 nitrogen and oxygen atoms in total. The third-order valence-corrected chi connectivity index (χ3v) is 2.04. The fourth-order valence-electron chi connectivity index (χ4n) is 1.31. The first-order chi connectivity index (χ1) is 6.90. The van der Waals surface area contributed by atoms with E-state index in [2.05, 4.69) is 6.07 Å². The molecule has 0 saturated carbocycles. The summed E-state index contributed by atoms with van der Waals surface area (Å²) in [5.74, 6) is 0. The van der Waals surface area contributed by atoms with Crippen LogP contribution in [-0.2, 0) is 9.47 Å². The van der Waals surface area contributed by atoms with Gasteiger partial charge in [0.05, 0.1) is 24.8 Å². The van der Waals surface area contributed by atoms with Gasteiger partial charge in [-0.25, -0.2) is 0 Å². The summed E-state index contributed by atoms with van der Waals surface area (Å²) in [6, 6.07) is 9.31. The van der Waals surface area contributed by atoms with Crippen LogP contribution in [0.1, 0.15) is 17.4 Å². The van der Waals surface area contributed by atoms with Crippen LogP contribution in [0.5, 0.6) is 0 Å². The normalized spacial score (nSPS) is 17.6. The molecule has 71 valence electrons. The quantitative estimate of drug-likeness (QED) is 0.675. The molecule has 0 bridgehead atoms. The number of benzene rings is 1. The SMILES string of the molecule is N#Cc1ccc(C2OC[CH]CO2)cc1. The molecular weight excluding hydrogens is 178 g/mol. The third-order valence-electron chi connectivity index (χ3n) is 2.04. The van der Waals surface area contributed by atoms with Crippen molar-refractivity contribution < 1.29 is 9.47 Å². The average molecular weight is 188 g/mol. The molecule has 1 heterocycles. The molecular formula is C11H10NO2. The molecule has 1 saturated heterocycles. The summed E-state index contributed by atoms with van der Waals surface area (Å²) in [4.78, 5) is 0. The van der Waals surface area contributed by atoms with Gasteiger partial charge in [0.25, 0.3) is 0 Å². The summed E-state index contributed by atoms with van der Waals surface area (Å²) < 4.78 is 10.8. The maximum absolute atomic E-state index is 8.62. The van der Waals surface area contributed by atoms with E-state index in [1.165, 1.54) is 0 Å². The van der Waals surface area contributed by atoms with E-state index in [0.29, 0.717) is 18.8 Å². The van der Waals surface area contributed by atoms with Gasteiger partial charge in [0.15, 0.2) is 6.29 Å². The summed E-state index contributed by atoms with van der Waals surface area (Å²) in [5.41, 5.74) is 1.60. The van der Waals surface area contributed by atoms with E-state index in [1.807, 2.05) is 18.6 Å². The largest absolute Gasteiger partial charge is 0.348 e. The third kappa shape index (κ3) is 1.92. The zero-order valence-corrected chi connectivity index (χ0v) is 7.64. The van der Waals surface area contributed by atoms with Crippen molar-refractivity contribution in [2.45, 2.75) is 6.29 Å². The topological polar surface area (TPSA) is 42.2 Å². The highest BCUT2D eigenvalue weighted by Gasteiger charge is 2.15. The second-order valence-electron chi connectivity index (χ2n) is 3.02. The molecule has 1 aliphatic heterocycles. The van der Waals surface area contributed by atoms with Gasteiger partial charge < -0.3 is 9.47 Å². The predicted octanol–water partition coefficient (Wildman–Crippen LogP) is 1.81. The molecule has 0 aliphatic carbocycles. The molecule has 1 aliphatic rings. The van der Waals surface area contributed by atoms with Gasteiger partial charge >= 0.3 is 0 Å². The minimum absolute atomic E-state index is 0.284. The Bertz CT molecular complexity index is 333. The molecule has 1 aromatic rings. The van der Waals surface area contributed by atoms with Crippen molar-refractivity contribution in [3.8, 4) is 6.07 Å². The highest BCUT2D eigenvalue weighted by molar-refractivity contribution is 5.32. The van der Waals surface area contributed by atoms with Gasteiger partial charge in [-0.3, -0.25) is 0 Å². The number of rotatable bonds is 1. The summed E-state index contributed by atoms with van der Waals surface area (Å²) in [5, 5.41) is 8.62. The van der Waals surface area contributed by atoms with Crippen LogP contribution in [0.4, 0.5) is 0 Å². The number of nitrogens with zero attached hydrogens (tertiary/aromatic N) is 1. The van der Waals surface area contributed by atoms with E-state index < -0.39 is 0 Å². The number of nitriles is 1. The number of ether oxygens (including phenoxy) is 2. The number of hydrogen-bond donors (Lipinski definition) is 0. The molecule has 0 aromatic heterocycles. The van der Waals surface area contributed by atoms with Crippen LogP contribution in [0, 0.1) is 17.8 Å². The van der Waals surface area contributed by atoms with E-state index in [0.717, 1.165) is 5.56 Å². The molecule has 3 heteroatoms. The second kappa shape index (κ2) is 4.23. The molecule has 14 heavy (non-hydrogen) atoms. The van der Waals surface area contributed by atoms with Crippen LogP contribution in [0.25, 0.3) is 0 Å². The molecule has 0 spiro atoms. The van der Waals surface area contributed by atoms with Gasteiger partial charge in [0, 0.05) is 12.0 Å². The molecule has 2 rings (SSSR count). The summed E-state index contributed by atoms with van der Waals surface area (Å²) >= 11 is 0. The minimum Gasteiger partial charge on any atom is -0.348 e. The molecule has 0 unspecified atom stereocenters. The summed E-state index contributed by atoms with van der Waals surface area (Å²) in [7, 11) is 0. The lowest BCUT2D eigenvalue weighted by Gasteiger charge is -2.23. The molecule has 0 atom stereocenters. The highest BCUT2D eigenvalue weighted by Crippen LogP contribution is 2.22. The maximum atomic E-state index is 8.62. The van der Waals surface area contributed by atoms with E-state index in [9.17, 15) is 0 Å². The standard InChI is InChI=1S/C11H10NO2/c12-8-9-2-4-10(5-3-9)11-13-6-1-7-14-11/h1-5,11H,6-7H2. The van der Waals surface area contributed by atoms with Crippen LogP contribution in [0.15, 0.2) is 24.3 Å². The lowest BCUT2D eigenvalue weighted by atomic mass is 10.1. The van der Waals surface area contributed by atoms with Crippen LogP contribution < -0.4 is 0 Å². The zero-order valence-electron chi connectivity index (χ0n) is 7.64. The molecule has 1 fully saturated rings. The lowest BCUT2D eigenvalue weighted by Crippen LogP contribution is -2.18. The Morgan fingerprint density at radius 1 is 1.14 bits per heavy atom. The van der Waals surface area contributed by atoms with Gasteiger partial charge in [-0.05, 0) is 12.1 Å². The number of hydrogen-bond acceptors (Lipinski definition) is 3. The zero-order chi connectivity index (χ0) is 9.80. The van der Waals surface area contributed by atoms with Crippen molar-refractivity contribution in [2.75, 3.05) is 13.2 Å². The van der Waals surface area contributed by atoms with Crippen molar-refractivity contribution in [3.63, 3.8) is 0 Å². The highest BCUT2D eigenvalue weighted by atomic mass is 16.7. The Morgan fingerprint density at radius 2 is 1.79 bits per heavy atom. The van der Waals surface area contributed by atoms with Gasteiger partial charge in [-0.2, -0.15) is 5.26 Å². The Kier molecular flexibility index (Phi) is 2.78. The van der Waals surface area contributed by atoms with Crippen molar-refractivity contribution in [3.05, 3.63) is 41.8 Å². The first-order valence-electron chi connectivity index (χ1n) is 4.45. The Labute approximate surface area is 82.9 Å². The van der Waals surface area contributed by atoms with E-state index in [-0.39, 0.29) is 6.29 Å². The fraction of sp³-hybridized carbons (Fsp3) is 0.273. The molecule has 1 aromatic carbocycles. The molecule has 0 N–H and O–H groups in total. The fourth-order valence-corrected chi connectivity index (χ4v) is 1.31. The van der Waals surface area contributed by atoms with Gasteiger partial charge in [-0.15, -0.1) is 0 Å². The van der Waals surface area contributed by atoms with Crippen LogP contribution in [0.3, 0.4) is 0 Å². The van der Waals surface area contributed by atoms with Crippen molar-refractivity contribution in [2.24, 2.45) is 0 Å². The Balaban J connectivity index is 2.12. The van der Waals surface area contributed by atoms with Crippen LogP contribution in [-0.4, -0.2) is 13.2 Å². The van der Waals surface area contributed by atoms with Gasteiger partial charge in [0.1, 0.15) is 0 Å². The van der Waals surface area contributed by atoms with Crippen LogP contribution >= 0.6 is 0 Å². The summed E-state index contributed by atoms with van der Waals surface area (Å²) in [6.07, 6.45) is 1.65. The van der Waals surface area contributed by atoms with Crippen molar-refractivity contribution >= 4 is 0 Å². The summed E-state index contributed by atoms with van der Waals surface area (Å²) in [6.45, 7) is 1.23. The second-order valence-corrected chi connectivity index (χ2v) is 3.02. The lowest BCUT2D eigenvalue weighted by molar-refractivity contribution is -0.163. The smallest absolute Gasteiger partial charge is 0.183 e. The average Bonchev–Trinajstić information content (AvgIpc) is 2.30. The van der Waals surface area contributed by atoms with E-state index in [4.69, 9.17) is 14.7 Å². The minimum atomic E-state index is -0.284. The van der Waals surface area contributed by atoms with E-state index >= 15 is 0 Å². The van der Waals surface area contributed by atoms with Crippen molar-refractivity contribution in [1.29, 1.82) is 5.26 Å². The monoisotopic (exact) mass is 188 g/mol.